The summed E-state index contributed by atoms with van der Waals surface area (Å²) in [5.41, 5.74) is -0.629. The Hall–Kier alpha value is -2.33. The Labute approximate surface area is 131 Å². The summed E-state index contributed by atoms with van der Waals surface area (Å²) in [6.07, 6.45) is 0. The molecule has 0 amide bonds. The lowest BCUT2D eigenvalue weighted by Crippen LogP contribution is -2.39. The van der Waals surface area contributed by atoms with E-state index < -0.39 is 11.2 Å². The summed E-state index contributed by atoms with van der Waals surface area (Å²) >= 11 is 0. The highest BCUT2D eigenvalue weighted by molar-refractivity contribution is 5.69. The van der Waals surface area contributed by atoms with Crippen LogP contribution in [0, 0.1) is 0 Å². The van der Waals surface area contributed by atoms with Crippen molar-refractivity contribution in [2.45, 2.75) is 0 Å². The van der Waals surface area contributed by atoms with Gasteiger partial charge in [-0.3, -0.25) is 18.8 Å². The van der Waals surface area contributed by atoms with Crippen molar-refractivity contribution in [1.29, 1.82) is 0 Å². The topological polar surface area (TPSA) is 107 Å². The highest BCUT2D eigenvalue weighted by atomic mass is 16.5. The molecule has 2 aromatic heterocycles. The van der Waals surface area contributed by atoms with Gasteiger partial charge in [0.1, 0.15) is 0 Å². The number of anilines is 1. The molecule has 0 atom stereocenters. The van der Waals surface area contributed by atoms with Crippen LogP contribution in [-0.2, 0) is 18.8 Å². The van der Waals surface area contributed by atoms with Crippen LogP contribution in [0.1, 0.15) is 0 Å². The fraction of sp³-hybridized carbons (Fsp3) is 0.615. The molecule has 2 aromatic rings. The van der Waals surface area contributed by atoms with E-state index in [2.05, 4.69) is 25.4 Å². The minimum absolute atomic E-state index is 0.124. The van der Waals surface area contributed by atoms with Crippen LogP contribution in [0.15, 0.2) is 9.59 Å². The molecule has 1 aliphatic rings. The first kappa shape index (κ1) is 15.6. The van der Waals surface area contributed by atoms with E-state index in [0.29, 0.717) is 6.54 Å². The highest BCUT2D eigenvalue weighted by Gasteiger charge is 2.13. The number of fused-ring (bicyclic) bond motifs is 1. The van der Waals surface area contributed by atoms with Gasteiger partial charge >= 0.3 is 5.69 Å². The molecule has 1 N–H and O–H groups in total. The van der Waals surface area contributed by atoms with Crippen molar-refractivity contribution >= 4 is 17.1 Å². The molecule has 0 aromatic carbocycles. The maximum Gasteiger partial charge on any atom is 0.332 e. The molecule has 0 spiro atoms. The fourth-order valence-electron chi connectivity index (χ4n) is 2.48. The van der Waals surface area contributed by atoms with Crippen LogP contribution in [0.2, 0.25) is 0 Å². The minimum atomic E-state index is -0.478. The van der Waals surface area contributed by atoms with E-state index in [4.69, 9.17) is 4.74 Å². The van der Waals surface area contributed by atoms with Crippen LogP contribution in [0.4, 0.5) is 5.95 Å². The van der Waals surface area contributed by atoms with Crippen molar-refractivity contribution in [3.63, 3.8) is 0 Å². The third-order valence-corrected chi connectivity index (χ3v) is 3.88. The van der Waals surface area contributed by atoms with Crippen molar-refractivity contribution in [3.8, 4) is 0 Å². The zero-order chi connectivity index (χ0) is 16.4. The van der Waals surface area contributed by atoms with Crippen molar-refractivity contribution in [3.05, 3.63) is 20.8 Å². The second-order valence-electron chi connectivity index (χ2n) is 5.39. The Kier molecular flexibility index (Phi) is 4.35. The summed E-state index contributed by atoms with van der Waals surface area (Å²) in [7, 11) is 2.95. The minimum Gasteiger partial charge on any atom is -0.379 e. The average molecular weight is 321 g/mol. The van der Waals surface area contributed by atoms with E-state index in [1.54, 1.807) is 0 Å². The molecule has 10 heteroatoms. The number of rotatable bonds is 4. The summed E-state index contributed by atoms with van der Waals surface area (Å²) in [6.45, 7) is 4.77. The molecule has 1 fully saturated rings. The van der Waals surface area contributed by atoms with Gasteiger partial charge in [0.15, 0.2) is 11.2 Å². The first-order valence-corrected chi connectivity index (χ1v) is 7.42. The van der Waals surface area contributed by atoms with Crippen LogP contribution in [-0.4, -0.2) is 68.6 Å². The molecule has 0 bridgehead atoms. The number of hydrogen-bond donors (Lipinski definition) is 1. The standard InChI is InChI=1S/C13H19N7O3/c1-18-10-9(11(21)19(2)13(18)22)15-12(17-16-10)14-3-4-20-5-7-23-8-6-20/h3-8H2,1-2H3,(H,14,15,17). The van der Waals surface area contributed by atoms with Crippen molar-refractivity contribution in [2.75, 3.05) is 44.7 Å². The normalized spacial score (nSPS) is 15.9. The van der Waals surface area contributed by atoms with Gasteiger partial charge in [0.25, 0.3) is 5.56 Å². The molecule has 3 rings (SSSR count). The molecule has 0 saturated carbocycles. The second kappa shape index (κ2) is 6.42. The molecule has 10 nitrogen and oxygen atoms in total. The molecule has 0 radical (unpaired) electrons. The predicted molar refractivity (Wildman–Crippen MR) is 83.6 cm³/mol. The zero-order valence-electron chi connectivity index (χ0n) is 13.2. The van der Waals surface area contributed by atoms with Gasteiger partial charge in [-0.15, -0.1) is 10.2 Å². The number of nitrogens with one attached hydrogen (secondary N) is 1. The number of nitrogens with zero attached hydrogens (tertiary/aromatic N) is 6. The molecule has 23 heavy (non-hydrogen) atoms. The van der Waals surface area contributed by atoms with Gasteiger partial charge in [0, 0.05) is 40.3 Å². The Balaban J connectivity index is 1.77. The highest BCUT2D eigenvalue weighted by Crippen LogP contribution is 2.03. The third kappa shape index (κ3) is 3.08. The predicted octanol–water partition coefficient (Wildman–Crippen LogP) is -1.83. The Morgan fingerprint density at radius 3 is 2.61 bits per heavy atom. The molecule has 0 unspecified atom stereocenters. The van der Waals surface area contributed by atoms with E-state index in [1.807, 2.05) is 0 Å². The van der Waals surface area contributed by atoms with Crippen molar-refractivity contribution in [2.24, 2.45) is 14.1 Å². The maximum absolute atomic E-state index is 12.1. The number of aromatic nitrogens is 5. The third-order valence-electron chi connectivity index (χ3n) is 3.88. The summed E-state index contributed by atoms with van der Waals surface area (Å²) in [5.74, 6) is 0.279. The molecule has 0 aliphatic carbocycles. The van der Waals surface area contributed by atoms with Crippen LogP contribution >= 0.6 is 0 Å². The van der Waals surface area contributed by atoms with Gasteiger partial charge in [-0.1, -0.05) is 0 Å². The molecule has 1 aliphatic heterocycles. The first-order chi connectivity index (χ1) is 11.1. The van der Waals surface area contributed by atoms with Crippen LogP contribution in [0.3, 0.4) is 0 Å². The van der Waals surface area contributed by atoms with Gasteiger partial charge < -0.3 is 10.1 Å². The lowest BCUT2D eigenvalue weighted by molar-refractivity contribution is 0.0398. The molecular weight excluding hydrogens is 302 g/mol. The fourth-order valence-corrected chi connectivity index (χ4v) is 2.48. The summed E-state index contributed by atoms with van der Waals surface area (Å²) in [5, 5.41) is 11.0. The SMILES string of the molecule is Cn1c(=O)c2nc(NCCN3CCOCC3)nnc2n(C)c1=O. The lowest BCUT2D eigenvalue weighted by Gasteiger charge is -2.26. The van der Waals surface area contributed by atoms with Crippen molar-refractivity contribution in [1.82, 2.24) is 29.2 Å². The van der Waals surface area contributed by atoms with E-state index in [1.165, 1.54) is 18.7 Å². The lowest BCUT2D eigenvalue weighted by atomic mass is 10.4. The quantitative estimate of drug-likeness (QED) is 0.700. The van der Waals surface area contributed by atoms with E-state index in [9.17, 15) is 9.59 Å². The summed E-state index contributed by atoms with van der Waals surface area (Å²) in [6, 6.07) is 0. The largest absolute Gasteiger partial charge is 0.379 e. The van der Waals surface area contributed by atoms with E-state index >= 15 is 0 Å². The van der Waals surface area contributed by atoms with Crippen LogP contribution < -0.4 is 16.6 Å². The summed E-state index contributed by atoms with van der Waals surface area (Å²) in [4.78, 5) is 30.4. The molecule has 1 saturated heterocycles. The number of hydrogen-bond acceptors (Lipinski definition) is 8. The Bertz CT molecular complexity index is 823. The molecular formula is C13H19N7O3. The Morgan fingerprint density at radius 1 is 1.13 bits per heavy atom. The van der Waals surface area contributed by atoms with Crippen molar-refractivity contribution < 1.29 is 4.74 Å². The second-order valence-corrected chi connectivity index (χ2v) is 5.39. The first-order valence-electron chi connectivity index (χ1n) is 7.42. The average Bonchev–Trinajstić information content (AvgIpc) is 2.59. The monoisotopic (exact) mass is 321 g/mol. The van der Waals surface area contributed by atoms with Crippen LogP contribution in [0.25, 0.3) is 11.2 Å². The maximum atomic E-state index is 12.1. The number of aryl methyl sites for hydroxylation is 1. The molecule has 3 heterocycles. The zero-order valence-corrected chi connectivity index (χ0v) is 13.2. The van der Waals surface area contributed by atoms with Gasteiger partial charge in [-0.2, -0.15) is 0 Å². The number of ether oxygens (including phenoxy) is 1. The van der Waals surface area contributed by atoms with E-state index in [-0.39, 0.29) is 17.1 Å². The smallest absolute Gasteiger partial charge is 0.332 e. The van der Waals surface area contributed by atoms with Crippen LogP contribution in [0.5, 0.6) is 0 Å². The number of morpholine rings is 1. The van der Waals surface area contributed by atoms with Gasteiger partial charge in [-0.05, 0) is 0 Å². The van der Waals surface area contributed by atoms with Gasteiger partial charge in [-0.25, -0.2) is 9.78 Å². The summed E-state index contributed by atoms with van der Waals surface area (Å²) < 4.78 is 7.56. The Morgan fingerprint density at radius 2 is 1.87 bits per heavy atom. The van der Waals surface area contributed by atoms with Gasteiger partial charge in [0.05, 0.1) is 13.2 Å². The van der Waals surface area contributed by atoms with E-state index in [0.717, 1.165) is 37.4 Å². The molecule has 124 valence electrons. The van der Waals surface area contributed by atoms with Gasteiger partial charge in [0.2, 0.25) is 5.95 Å².